The van der Waals surface area contributed by atoms with Crippen LogP contribution in [0.1, 0.15) is 26.2 Å². The molecule has 19 heavy (non-hydrogen) atoms. The van der Waals surface area contributed by atoms with Crippen molar-refractivity contribution in [3.8, 4) is 0 Å². The minimum atomic E-state index is -3.23. The topological polar surface area (TPSA) is 86.8 Å². The molecule has 0 atom stereocenters. The fraction of sp³-hybridized carbons (Fsp3) is 0.818. The van der Waals surface area contributed by atoms with E-state index in [0.29, 0.717) is 19.3 Å². The summed E-state index contributed by atoms with van der Waals surface area (Å²) in [4.78, 5) is 24.6. The number of hydrogen-bond acceptors (Lipinski definition) is 4. The molecule has 0 aromatic rings. The highest BCUT2D eigenvalue weighted by Gasteiger charge is 2.51. The fourth-order valence-corrected chi connectivity index (χ4v) is 4.14. The van der Waals surface area contributed by atoms with Gasteiger partial charge in [-0.1, -0.05) is 6.92 Å². The van der Waals surface area contributed by atoms with E-state index in [4.69, 9.17) is 0 Å². The minimum absolute atomic E-state index is 0.125. The van der Waals surface area contributed by atoms with Crippen LogP contribution in [0.4, 0.5) is 4.79 Å². The Bertz CT molecular complexity index is 494. The number of imide groups is 1. The average molecular weight is 289 g/mol. The first-order valence-electron chi connectivity index (χ1n) is 6.40. The van der Waals surface area contributed by atoms with Gasteiger partial charge in [0.05, 0.1) is 5.75 Å². The number of piperidine rings is 1. The van der Waals surface area contributed by atoms with Crippen LogP contribution in [0.3, 0.4) is 0 Å². The molecule has 0 unspecified atom stereocenters. The number of nitrogens with one attached hydrogen (secondary N) is 1. The maximum absolute atomic E-state index is 12.0. The van der Waals surface area contributed by atoms with Crippen molar-refractivity contribution in [1.82, 2.24) is 14.5 Å². The Morgan fingerprint density at radius 3 is 2.26 bits per heavy atom. The van der Waals surface area contributed by atoms with Gasteiger partial charge in [0.15, 0.2) is 0 Å². The van der Waals surface area contributed by atoms with Crippen LogP contribution in [0, 0.1) is 0 Å². The molecule has 0 bridgehead atoms. The van der Waals surface area contributed by atoms with Crippen molar-refractivity contribution in [1.29, 1.82) is 0 Å². The SMILES string of the molecule is CCCS(=O)(=O)N1CCC2(CC1)NC(=O)N(C)C2=O. The standard InChI is InChI=1S/C11H19N3O4S/c1-3-8-19(17,18)14-6-4-11(5-7-14)9(15)13(2)10(16)12-11/h3-8H2,1-2H3,(H,12,16). The summed E-state index contributed by atoms with van der Waals surface area (Å²) in [5, 5.41) is 2.69. The molecule has 1 N–H and O–H groups in total. The number of sulfonamides is 1. The predicted octanol–water partition coefficient (Wildman–Crippen LogP) is -0.258. The van der Waals surface area contributed by atoms with Crippen LogP contribution < -0.4 is 5.32 Å². The molecular formula is C11H19N3O4S. The summed E-state index contributed by atoms with van der Waals surface area (Å²) in [7, 11) is -1.79. The molecule has 8 heteroatoms. The minimum Gasteiger partial charge on any atom is -0.323 e. The number of amides is 3. The van der Waals surface area contributed by atoms with Crippen molar-refractivity contribution >= 4 is 22.0 Å². The van der Waals surface area contributed by atoms with E-state index in [9.17, 15) is 18.0 Å². The van der Waals surface area contributed by atoms with Crippen molar-refractivity contribution in [2.45, 2.75) is 31.7 Å². The molecule has 0 radical (unpaired) electrons. The van der Waals surface area contributed by atoms with Gasteiger partial charge in [0.2, 0.25) is 10.0 Å². The molecular weight excluding hydrogens is 270 g/mol. The highest BCUT2D eigenvalue weighted by Crippen LogP contribution is 2.29. The van der Waals surface area contributed by atoms with Crippen LogP contribution in [0.5, 0.6) is 0 Å². The number of urea groups is 1. The van der Waals surface area contributed by atoms with Gasteiger partial charge >= 0.3 is 6.03 Å². The van der Waals surface area contributed by atoms with Crippen LogP contribution in [0.2, 0.25) is 0 Å². The lowest BCUT2D eigenvalue weighted by Crippen LogP contribution is -2.55. The highest BCUT2D eigenvalue weighted by molar-refractivity contribution is 7.89. The van der Waals surface area contributed by atoms with Gasteiger partial charge in [0.25, 0.3) is 5.91 Å². The molecule has 0 saturated carbocycles. The van der Waals surface area contributed by atoms with Crippen LogP contribution in [-0.2, 0) is 14.8 Å². The normalized spacial score (nSPS) is 24.0. The first kappa shape index (κ1) is 14.3. The lowest BCUT2D eigenvalue weighted by atomic mass is 9.88. The number of hydrogen-bond donors (Lipinski definition) is 1. The zero-order valence-corrected chi connectivity index (χ0v) is 12.0. The third-order valence-corrected chi connectivity index (χ3v) is 5.87. The number of carbonyl (C=O) groups is 2. The van der Waals surface area contributed by atoms with E-state index in [0.717, 1.165) is 4.90 Å². The summed E-state index contributed by atoms with van der Waals surface area (Å²) in [5.41, 5.74) is -0.899. The molecule has 0 aromatic carbocycles. The Labute approximate surface area is 113 Å². The van der Waals surface area contributed by atoms with E-state index in [1.54, 1.807) is 0 Å². The summed E-state index contributed by atoms with van der Waals surface area (Å²) in [6, 6.07) is -0.408. The molecule has 108 valence electrons. The molecule has 3 amide bonds. The van der Waals surface area contributed by atoms with Gasteiger partial charge in [-0.3, -0.25) is 9.69 Å². The quantitative estimate of drug-likeness (QED) is 0.725. The second kappa shape index (κ2) is 4.75. The number of nitrogens with zero attached hydrogens (tertiary/aromatic N) is 2. The lowest BCUT2D eigenvalue weighted by Gasteiger charge is -2.36. The van der Waals surface area contributed by atoms with Crippen molar-refractivity contribution < 1.29 is 18.0 Å². The molecule has 2 fully saturated rings. The van der Waals surface area contributed by atoms with E-state index in [1.165, 1.54) is 11.4 Å². The molecule has 2 saturated heterocycles. The van der Waals surface area contributed by atoms with Gasteiger partial charge < -0.3 is 5.32 Å². The second-order valence-corrected chi connectivity index (χ2v) is 7.18. The molecule has 7 nitrogen and oxygen atoms in total. The molecule has 2 aliphatic rings. The van der Waals surface area contributed by atoms with Gasteiger partial charge in [0, 0.05) is 20.1 Å². The monoisotopic (exact) mass is 289 g/mol. The number of carbonyl (C=O) groups excluding carboxylic acids is 2. The van der Waals surface area contributed by atoms with Gasteiger partial charge in [-0.25, -0.2) is 17.5 Å². The van der Waals surface area contributed by atoms with Gasteiger partial charge in [-0.15, -0.1) is 0 Å². The summed E-state index contributed by atoms with van der Waals surface area (Å²) in [5.74, 6) is -0.134. The fourth-order valence-electron chi connectivity index (χ4n) is 2.63. The van der Waals surface area contributed by atoms with Gasteiger partial charge in [-0.05, 0) is 19.3 Å². The third-order valence-electron chi connectivity index (χ3n) is 3.80. The first-order valence-corrected chi connectivity index (χ1v) is 8.01. The van der Waals surface area contributed by atoms with E-state index in [-0.39, 0.29) is 24.7 Å². The van der Waals surface area contributed by atoms with Crippen LogP contribution >= 0.6 is 0 Å². The smallest absolute Gasteiger partial charge is 0.323 e. The summed E-state index contributed by atoms with van der Waals surface area (Å²) in [6.07, 6.45) is 1.25. The predicted molar refractivity (Wildman–Crippen MR) is 68.9 cm³/mol. The van der Waals surface area contributed by atoms with Crippen LogP contribution in [-0.4, -0.2) is 61.0 Å². The van der Waals surface area contributed by atoms with Crippen molar-refractivity contribution in [2.24, 2.45) is 0 Å². The summed E-state index contributed by atoms with van der Waals surface area (Å²) in [6.45, 7) is 2.38. The van der Waals surface area contributed by atoms with E-state index in [2.05, 4.69) is 5.32 Å². The Morgan fingerprint density at radius 2 is 1.84 bits per heavy atom. The molecule has 2 aliphatic heterocycles. The molecule has 0 aliphatic carbocycles. The Morgan fingerprint density at radius 1 is 1.26 bits per heavy atom. The van der Waals surface area contributed by atoms with Crippen molar-refractivity contribution in [3.05, 3.63) is 0 Å². The lowest BCUT2D eigenvalue weighted by molar-refractivity contribution is -0.131. The second-order valence-electron chi connectivity index (χ2n) is 5.09. The third kappa shape index (κ3) is 2.34. The van der Waals surface area contributed by atoms with E-state index >= 15 is 0 Å². The van der Waals surface area contributed by atoms with Gasteiger partial charge in [0.1, 0.15) is 5.54 Å². The zero-order chi connectivity index (χ0) is 14.3. The summed E-state index contributed by atoms with van der Waals surface area (Å²) < 4.78 is 25.3. The molecule has 0 aromatic heterocycles. The van der Waals surface area contributed by atoms with Crippen molar-refractivity contribution in [2.75, 3.05) is 25.9 Å². The van der Waals surface area contributed by atoms with Gasteiger partial charge in [-0.2, -0.15) is 0 Å². The maximum Gasteiger partial charge on any atom is 0.324 e. The largest absolute Gasteiger partial charge is 0.324 e. The Balaban J connectivity index is 2.08. The van der Waals surface area contributed by atoms with E-state index in [1.807, 2.05) is 6.92 Å². The molecule has 2 rings (SSSR count). The first-order chi connectivity index (χ1) is 8.82. The number of rotatable bonds is 3. The zero-order valence-electron chi connectivity index (χ0n) is 11.2. The highest BCUT2D eigenvalue weighted by atomic mass is 32.2. The maximum atomic E-state index is 12.0. The Kier molecular flexibility index (Phi) is 3.57. The summed E-state index contributed by atoms with van der Waals surface area (Å²) >= 11 is 0. The average Bonchev–Trinajstić information content (AvgIpc) is 2.55. The van der Waals surface area contributed by atoms with Crippen molar-refractivity contribution in [3.63, 3.8) is 0 Å². The molecule has 1 spiro atoms. The van der Waals surface area contributed by atoms with Crippen LogP contribution in [0.25, 0.3) is 0 Å². The molecule has 2 heterocycles. The van der Waals surface area contributed by atoms with Crippen LogP contribution in [0.15, 0.2) is 0 Å². The van der Waals surface area contributed by atoms with E-state index < -0.39 is 21.6 Å². The number of likely N-dealkylation sites (N-methyl/N-ethyl adjacent to an activating group) is 1. The Hall–Kier alpha value is -1.15.